The maximum atomic E-state index is 11.1. The van der Waals surface area contributed by atoms with E-state index >= 15 is 0 Å². The van der Waals surface area contributed by atoms with Gasteiger partial charge in [0.2, 0.25) is 6.10 Å². The molecule has 0 aliphatic carbocycles. The van der Waals surface area contributed by atoms with Crippen LogP contribution < -0.4 is 14.4 Å². The molecule has 1 aromatic rings. The Morgan fingerprint density at radius 2 is 2.24 bits per heavy atom. The lowest BCUT2D eigenvalue weighted by atomic mass is 10.1. The van der Waals surface area contributed by atoms with E-state index in [0.29, 0.717) is 5.75 Å². The van der Waals surface area contributed by atoms with Gasteiger partial charge in [-0.25, -0.2) is 4.79 Å². The van der Waals surface area contributed by atoms with Crippen molar-refractivity contribution in [3.63, 3.8) is 0 Å². The lowest BCUT2D eigenvalue weighted by molar-refractivity contribution is -0.146. The van der Waals surface area contributed by atoms with Gasteiger partial charge in [0.1, 0.15) is 11.5 Å². The monoisotopic (exact) mass is 237 g/mol. The van der Waals surface area contributed by atoms with Gasteiger partial charge in [-0.2, -0.15) is 0 Å². The predicted octanol–water partition coefficient (Wildman–Crippen LogP) is 1.37. The van der Waals surface area contributed by atoms with Crippen LogP contribution in [0.25, 0.3) is 0 Å². The molecule has 2 rings (SSSR count). The average molecular weight is 237 g/mol. The number of carboxylic acid groups (broad SMARTS) is 1. The van der Waals surface area contributed by atoms with Crippen LogP contribution in [-0.2, 0) is 4.79 Å². The van der Waals surface area contributed by atoms with Gasteiger partial charge in [-0.1, -0.05) is 0 Å². The van der Waals surface area contributed by atoms with Gasteiger partial charge in [0.25, 0.3) is 0 Å². The number of fused-ring (bicyclic) bond motifs is 1. The number of hydrogen-bond donors (Lipinski definition) is 1. The molecule has 1 aliphatic heterocycles. The van der Waals surface area contributed by atoms with Gasteiger partial charge in [-0.3, -0.25) is 0 Å². The molecule has 0 spiro atoms. The van der Waals surface area contributed by atoms with Crippen molar-refractivity contribution in [1.82, 2.24) is 0 Å². The van der Waals surface area contributed by atoms with Crippen LogP contribution >= 0.6 is 0 Å². The molecule has 0 radical (unpaired) electrons. The Hall–Kier alpha value is -1.91. The van der Waals surface area contributed by atoms with Gasteiger partial charge < -0.3 is 19.5 Å². The first kappa shape index (κ1) is 11.6. The first-order valence-corrected chi connectivity index (χ1v) is 5.35. The normalized spacial score (nSPS) is 22.6. The number of likely N-dealkylation sites (N-methyl/N-ethyl adjacent to an activating group) is 1. The first-order chi connectivity index (χ1) is 8.04. The molecule has 1 aromatic carbocycles. The zero-order valence-corrected chi connectivity index (χ0v) is 10.0. The van der Waals surface area contributed by atoms with Gasteiger partial charge in [0.15, 0.2) is 0 Å². The van der Waals surface area contributed by atoms with E-state index in [-0.39, 0.29) is 6.04 Å². The number of carbonyl (C=O) groups is 1. The summed E-state index contributed by atoms with van der Waals surface area (Å²) in [5.41, 5.74) is 0.842. The Balaban J connectivity index is 2.41. The fourth-order valence-electron chi connectivity index (χ4n) is 1.91. The zero-order valence-electron chi connectivity index (χ0n) is 10.0. The van der Waals surface area contributed by atoms with Crippen LogP contribution in [0.1, 0.15) is 6.92 Å². The quantitative estimate of drug-likeness (QED) is 0.841. The smallest absolute Gasteiger partial charge is 0.347 e. The number of anilines is 1. The van der Waals surface area contributed by atoms with Gasteiger partial charge in [-0.05, 0) is 19.1 Å². The van der Waals surface area contributed by atoms with E-state index in [1.165, 1.54) is 0 Å². The highest BCUT2D eigenvalue weighted by Crippen LogP contribution is 2.37. The van der Waals surface area contributed by atoms with Crippen molar-refractivity contribution in [3.05, 3.63) is 18.2 Å². The number of rotatable bonds is 2. The number of benzene rings is 1. The second-order valence-electron chi connectivity index (χ2n) is 4.06. The molecule has 0 fully saturated rings. The minimum absolute atomic E-state index is 0.230. The molecule has 0 saturated carbocycles. The van der Waals surface area contributed by atoms with Crippen molar-refractivity contribution in [2.75, 3.05) is 19.1 Å². The number of aliphatic carboxylic acids is 1. The van der Waals surface area contributed by atoms with E-state index in [9.17, 15) is 4.79 Å². The minimum atomic E-state index is -0.953. The average Bonchev–Trinajstić information content (AvgIpc) is 2.33. The summed E-state index contributed by atoms with van der Waals surface area (Å²) in [6, 6.07) is 5.09. The van der Waals surface area contributed by atoms with E-state index in [0.717, 1.165) is 11.4 Å². The topological polar surface area (TPSA) is 59.0 Å². The Bertz CT molecular complexity index is 446. The third-order valence-electron chi connectivity index (χ3n) is 3.09. The third kappa shape index (κ3) is 1.88. The molecule has 5 nitrogen and oxygen atoms in total. The lowest BCUT2D eigenvalue weighted by Gasteiger charge is -2.37. The summed E-state index contributed by atoms with van der Waals surface area (Å²) in [7, 11) is 3.44. The summed E-state index contributed by atoms with van der Waals surface area (Å²) < 4.78 is 10.6. The van der Waals surface area contributed by atoms with Crippen molar-refractivity contribution in [2.45, 2.75) is 19.1 Å². The van der Waals surface area contributed by atoms with Crippen molar-refractivity contribution in [1.29, 1.82) is 0 Å². The van der Waals surface area contributed by atoms with Crippen molar-refractivity contribution in [2.24, 2.45) is 0 Å². The molecule has 17 heavy (non-hydrogen) atoms. The summed E-state index contributed by atoms with van der Waals surface area (Å²) in [6.07, 6.45) is -0.846. The highest BCUT2D eigenvalue weighted by Gasteiger charge is 2.35. The molecule has 2 atom stereocenters. The first-order valence-electron chi connectivity index (χ1n) is 5.35. The van der Waals surface area contributed by atoms with Crippen molar-refractivity contribution >= 4 is 11.7 Å². The van der Waals surface area contributed by atoms with Crippen LogP contribution in [0.5, 0.6) is 11.5 Å². The number of ether oxygens (including phenoxy) is 2. The number of methoxy groups -OCH3 is 1. The van der Waals surface area contributed by atoms with Crippen molar-refractivity contribution in [3.8, 4) is 11.5 Å². The summed E-state index contributed by atoms with van der Waals surface area (Å²) >= 11 is 0. The third-order valence-corrected chi connectivity index (χ3v) is 3.09. The standard InChI is InChI=1S/C12H15NO4/c1-7-11(12(14)15)17-10-5-4-8(16-3)6-9(10)13(7)2/h4-7,11H,1-3H3,(H,14,15). The molecule has 1 aliphatic rings. The summed E-state index contributed by atoms with van der Waals surface area (Å²) in [4.78, 5) is 13.0. The van der Waals surface area contributed by atoms with Gasteiger partial charge in [0, 0.05) is 13.1 Å². The molecule has 2 unspecified atom stereocenters. The summed E-state index contributed by atoms with van der Waals surface area (Å²) in [6.45, 7) is 1.82. The molecule has 1 heterocycles. The fraction of sp³-hybridized carbons (Fsp3) is 0.417. The maximum absolute atomic E-state index is 11.1. The van der Waals surface area contributed by atoms with Crippen LogP contribution in [0, 0.1) is 0 Å². The summed E-state index contributed by atoms with van der Waals surface area (Å²) in [5.74, 6) is 0.338. The molecule has 0 bridgehead atoms. The Kier molecular flexibility index (Phi) is 2.83. The molecular weight excluding hydrogens is 222 g/mol. The molecule has 5 heteroatoms. The van der Waals surface area contributed by atoms with Crippen LogP contribution in [0.4, 0.5) is 5.69 Å². The van der Waals surface area contributed by atoms with Gasteiger partial charge in [-0.15, -0.1) is 0 Å². The number of carboxylic acids is 1. The number of nitrogens with zero attached hydrogens (tertiary/aromatic N) is 1. The van der Waals surface area contributed by atoms with E-state index in [4.69, 9.17) is 14.6 Å². The fourth-order valence-corrected chi connectivity index (χ4v) is 1.91. The molecule has 92 valence electrons. The second-order valence-corrected chi connectivity index (χ2v) is 4.06. The van der Waals surface area contributed by atoms with Crippen LogP contribution in [0.2, 0.25) is 0 Å². The van der Waals surface area contributed by atoms with Crippen LogP contribution in [0.15, 0.2) is 18.2 Å². The SMILES string of the molecule is COc1ccc2c(c1)N(C)C(C)C(C(=O)O)O2. The molecule has 0 saturated heterocycles. The van der Waals surface area contributed by atoms with Crippen LogP contribution in [0.3, 0.4) is 0 Å². The Morgan fingerprint density at radius 3 is 2.82 bits per heavy atom. The van der Waals surface area contributed by atoms with Gasteiger partial charge in [0.05, 0.1) is 18.8 Å². The van der Waals surface area contributed by atoms with Gasteiger partial charge >= 0.3 is 5.97 Å². The Labute approximate surface area is 99.6 Å². The molecule has 0 amide bonds. The molecule has 1 N–H and O–H groups in total. The second kappa shape index (κ2) is 4.16. The van der Waals surface area contributed by atoms with E-state index in [2.05, 4.69) is 0 Å². The minimum Gasteiger partial charge on any atom is -0.497 e. The lowest BCUT2D eigenvalue weighted by Crippen LogP contribution is -2.50. The van der Waals surface area contributed by atoms with E-state index < -0.39 is 12.1 Å². The highest BCUT2D eigenvalue weighted by molar-refractivity contribution is 5.77. The summed E-state index contributed by atoms with van der Waals surface area (Å²) in [5, 5.41) is 9.08. The van der Waals surface area contributed by atoms with Crippen LogP contribution in [-0.4, -0.2) is 37.4 Å². The van der Waals surface area contributed by atoms with E-state index in [1.54, 1.807) is 19.2 Å². The van der Waals surface area contributed by atoms with Crippen molar-refractivity contribution < 1.29 is 19.4 Å². The van der Waals surface area contributed by atoms with E-state index in [1.807, 2.05) is 24.9 Å². The Morgan fingerprint density at radius 1 is 1.53 bits per heavy atom. The highest BCUT2D eigenvalue weighted by atomic mass is 16.5. The zero-order chi connectivity index (χ0) is 12.6. The molecule has 0 aromatic heterocycles. The largest absolute Gasteiger partial charge is 0.497 e. The predicted molar refractivity (Wildman–Crippen MR) is 62.9 cm³/mol. The molecular formula is C12H15NO4. The maximum Gasteiger partial charge on any atom is 0.347 e. The number of hydrogen-bond acceptors (Lipinski definition) is 4.